The van der Waals surface area contributed by atoms with Gasteiger partial charge in [-0.25, -0.2) is 0 Å². The van der Waals surface area contributed by atoms with Gasteiger partial charge in [0.2, 0.25) is 16.2 Å². The summed E-state index contributed by atoms with van der Waals surface area (Å²) in [4.78, 5) is 18.9. The van der Waals surface area contributed by atoms with Gasteiger partial charge in [-0.2, -0.15) is 0 Å². The maximum atomic E-state index is 12.6. The van der Waals surface area contributed by atoms with Gasteiger partial charge in [0.05, 0.1) is 5.92 Å². The summed E-state index contributed by atoms with van der Waals surface area (Å²) in [5.41, 5.74) is 3.30. The Hall–Kier alpha value is -2.74. The number of aryl methyl sites for hydroxylation is 2. The zero-order valence-electron chi connectivity index (χ0n) is 16.1. The molecule has 0 aliphatic carbocycles. The molecule has 4 rings (SSSR count). The van der Waals surface area contributed by atoms with Crippen molar-refractivity contribution in [2.75, 3.05) is 18.0 Å². The van der Waals surface area contributed by atoms with Crippen LogP contribution in [0.2, 0.25) is 0 Å². The van der Waals surface area contributed by atoms with Gasteiger partial charge in [-0.05, 0) is 50.5 Å². The summed E-state index contributed by atoms with van der Waals surface area (Å²) in [5, 5.41) is 13.6. The molecule has 1 amide bonds. The lowest BCUT2D eigenvalue weighted by atomic mass is 9.97. The molecule has 1 fully saturated rings. The van der Waals surface area contributed by atoms with Gasteiger partial charge in [0, 0.05) is 43.4 Å². The Morgan fingerprint density at radius 3 is 2.75 bits per heavy atom. The summed E-state index contributed by atoms with van der Waals surface area (Å²) in [7, 11) is 0. The van der Waals surface area contributed by atoms with E-state index in [1.54, 1.807) is 23.7 Å². The molecule has 146 valence electrons. The van der Waals surface area contributed by atoms with Crippen molar-refractivity contribution in [2.45, 2.75) is 33.2 Å². The number of amides is 1. The van der Waals surface area contributed by atoms with Gasteiger partial charge in [-0.1, -0.05) is 17.4 Å². The van der Waals surface area contributed by atoms with Crippen molar-refractivity contribution >= 4 is 22.4 Å². The van der Waals surface area contributed by atoms with E-state index in [-0.39, 0.29) is 11.8 Å². The second kappa shape index (κ2) is 8.10. The number of anilines is 1. The maximum Gasteiger partial charge on any atom is 0.225 e. The Kier molecular flexibility index (Phi) is 5.38. The molecular formula is C20H24N6OS. The lowest BCUT2D eigenvalue weighted by Gasteiger charge is -2.31. The van der Waals surface area contributed by atoms with Gasteiger partial charge in [0.15, 0.2) is 0 Å². The van der Waals surface area contributed by atoms with Crippen molar-refractivity contribution in [3.8, 4) is 5.13 Å². The van der Waals surface area contributed by atoms with Crippen molar-refractivity contribution in [3.63, 3.8) is 0 Å². The van der Waals surface area contributed by atoms with E-state index in [9.17, 15) is 4.79 Å². The summed E-state index contributed by atoms with van der Waals surface area (Å²) in [6.07, 6.45) is 5.39. The van der Waals surface area contributed by atoms with Crippen LogP contribution in [0.1, 0.15) is 29.8 Å². The Balaban J connectivity index is 1.41. The second-order valence-corrected chi connectivity index (χ2v) is 8.12. The van der Waals surface area contributed by atoms with E-state index in [2.05, 4.69) is 55.9 Å². The molecule has 1 aliphatic heterocycles. The quantitative estimate of drug-likeness (QED) is 0.718. The van der Waals surface area contributed by atoms with E-state index in [1.165, 1.54) is 0 Å². The molecule has 1 atom stereocenters. The van der Waals surface area contributed by atoms with Crippen molar-refractivity contribution in [1.82, 2.24) is 25.1 Å². The molecule has 3 aromatic rings. The highest BCUT2D eigenvalue weighted by Gasteiger charge is 2.27. The summed E-state index contributed by atoms with van der Waals surface area (Å²) >= 11 is 1.58. The standard InChI is InChI=1S/C20H24N6OS/c1-14-7-8-15(2)26(14)20-24-23-19(28-20)25-10-4-6-17(13-25)18(27)22-12-16-5-3-9-21-11-16/h3,5,7-9,11,17H,4,6,10,12-13H2,1-2H3,(H,22,27). The highest BCUT2D eigenvalue weighted by atomic mass is 32.1. The lowest BCUT2D eigenvalue weighted by molar-refractivity contribution is -0.125. The number of rotatable bonds is 5. The Bertz CT molecular complexity index is 931. The number of nitrogens with one attached hydrogen (secondary N) is 1. The predicted molar refractivity (Wildman–Crippen MR) is 110 cm³/mol. The van der Waals surface area contributed by atoms with Crippen LogP contribution in [-0.4, -0.2) is 38.7 Å². The highest BCUT2D eigenvalue weighted by molar-refractivity contribution is 7.17. The maximum absolute atomic E-state index is 12.6. The summed E-state index contributed by atoms with van der Waals surface area (Å²) in [6, 6.07) is 8.01. The van der Waals surface area contributed by atoms with Crippen LogP contribution in [-0.2, 0) is 11.3 Å². The topological polar surface area (TPSA) is 75.9 Å². The molecule has 7 nitrogen and oxygen atoms in total. The number of aromatic nitrogens is 4. The van der Waals surface area contributed by atoms with E-state index in [0.29, 0.717) is 13.1 Å². The fourth-order valence-electron chi connectivity index (χ4n) is 3.60. The van der Waals surface area contributed by atoms with Gasteiger partial charge in [0.1, 0.15) is 0 Å². The fourth-order valence-corrected chi connectivity index (χ4v) is 4.60. The van der Waals surface area contributed by atoms with Crippen molar-refractivity contribution < 1.29 is 4.79 Å². The zero-order valence-corrected chi connectivity index (χ0v) is 16.9. The number of hydrogen-bond donors (Lipinski definition) is 1. The first-order valence-corrected chi connectivity index (χ1v) is 10.3. The second-order valence-electron chi connectivity index (χ2n) is 7.18. The third kappa shape index (κ3) is 3.91. The summed E-state index contributed by atoms with van der Waals surface area (Å²) in [5.74, 6) is 0.0585. The average molecular weight is 397 g/mol. The van der Waals surface area contributed by atoms with E-state index >= 15 is 0 Å². The normalized spacial score (nSPS) is 16.9. The number of pyridine rings is 1. The van der Waals surface area contributed by atoms with Crippen molar-refractivity contribution in [1.29, 1.82) is 0 Å². The van der Waals surface area contributed by atoms with Crippen LogP contribution in [0, 0.1) is 19.8 Å². The number of piperidine rings is 1. The van der Waals surface area contributed by atoms with Crippen molar-refractivity contribution in [2.24, 2.45) is 5.92 Å². The predicted octanol–water partition coefficient (Wildman–Crippen LogP) is 2.87. The molecule has 0 radical (unpaired) electrons. The number of carbonyl (C=O) groups is 1. The summed E-state index contributed by atoms with van der Waals surface area (Å²) in [6.45, 7) is 6.23. The molecule has 28 heavy (non-hydrogen) atoms. The van der Waals surface area contributed by atoms with E-state index in [1.807, 2.05) is 12.1 Å². The minimum absolute atomic E-state index is 0.0344. The SMILES string of the molecule is Cc1ccc(C)n1-c1nnc(N2CCCC(C(=O)NCc3cccnc3)C2)s1. The summed E-state index contributed by atoms with van der Waals surface area (Å²) < 4.78 is 2.11. The third-order valence-electron chi connectivity index (χ3n) is 5.12. The third-order valence-corrected chi connectivity index (χ3v) is 6.09. The van der Waals surface area contributed by atoms with Crippen LogP contribution in [0.3, 0.4) is 0 Å². The smallest absolute Gasteiger partial charge is 0.225 e. The Morgan fingerprint density at radius 2 is 2.00 bits per heavy atom. The molecule has 1 aliphatic rings. The van der Waals surface area contributed by atoms with Crippen LogP contribution in [0.25, 0.3) is 5.13 Å². The first kappa shape index (κ1) is 18.6. The molecule has 8 heteroatoms. The van der Waals surface area contributed by atoms with Gasteiger partial charge >= 0.3 is 0 Å². The van der Waals surface area contributed by atoms with E-state index < -0.39 is 0 Å². The molecule has 0 bridgehead atoms. The van der Waals surface area contributed by atoms with Crippen LogP contribution >= 0.6 is 11.3 Å². The Morgan fingerprint density at radius 1 is 1.21 bits per heavy atom. The molecule has 1 unspecified atom stereocenters. The largest absolute Gasteiger partial charge is 0.352 e. The van der Waals surface area contributed by atoms with Crippen LogP contribution in [0.5, 0.6) is 0 Å². The zero-order chi connectivity index (χ0) is 19.5. The Labute approximate surface area is 168 Å². The van der Waals surface area contributed by atoms with Crippen LogP contribution in [0.4, 0.5) is 5.13 Å². The van der Waals surface area contributed by atoms with Gasteiger partial charge in [0.25, 0.3) is 0 Å². The van der Waals surface area contributed by atoms with Gasteiger partial charge < -0.3 is 10.2 Å². The van der Waals surface area contributed by atoms with Crippen LogP contribution in [0.15, 0.2) is 36.7 Å². The molecule has 0 saturated carbocycles. The number of hydrogen-bond acceptors (Lipinski definition) is 6. The number of nitrogens with zero attached hydrogens (tertiary/aromatic N) is 5. The molecule has 4 heterocycles. The molecule has 1 N–H and O–H groups in total. The number of carbonyl (C=O) groups excluding carboxylic acids is 1. The minimum Gasteiger partial charge on any atom is -0.352 e. The van der Waals surface area contributed by atoms with E-state index in [0.717, 1.165) is 46.6 Å². The lowest BCUT2D eigenvalue weighted by Crippen LogP contribution is -2.43. The first-order chi connectivity index (χ1) is 13.6. The molecule has 3 aromatic heterocycles. The van der Waals surface area contributed by atoms with Gasteiger partial charge in [-0.3, -0.25) is 14.3 Å². The van der Waals surface area contributed by atoms with Crippen molar-refractivity contribution in [3.05, 3.63) is 53.6 Å². The molecular weight excluding hydrogens is 372 g/mol. The fraction of sp³-hybridized carbons (Fsp3) is 0.400. The van der Waals surface area contributed by atoms with Crippen LogP contribution < -0.4 is 10.2 Å². The average Bonchev–Trinajstić information content (AvgIpc) is 3.33. The molecule has 1 saturated heterocycles. The molecule has 0 spiro atoms. The first-order valence-electron chi connectivity index (χ1n) is 9.52. The minimum atomic E-state index is -0.0344. The molecule has 0 aromatic carbocycles. The van der Waals surface area contributed by atoms with E-state index in [4.69, 9.17) is 0 Å². The highest BCUT2D eigenvalue weighted by Crippen LogP contribution is 2.29. The van der Waals surface area contributed by atoms with Gasteiger partial charge in [-0.15, -0.1) is 10.2 Å². The monoisotopic (exact) mass is 396 g/mol.